The molecule has 1 aliphatic carbocycles. The van der Waals surface area contributed by atoms with Gasteiger partial charge in [-0.1, -0.05) is 58.0 Å². The maximum Gasteiger partial charge on any atom is 0.246 e. The van der Waals surface area contributed by atoms with Crippen LogP contribution in [-0.4, -0.2) is 41.4 Å². The van der Waals surface area contributed by atoms with Gasteiger partial charge in [0.1, 0.15) is 5.54 Å². The molecular formula is C25H37N3O2. The van der Waals surface area contributed by atoms with Gasteiger partial charge in [-0.3, -0.25) is 14.5 Å². The normalized spacial score (nSPS) is 32.7. The SMILES string of the molecule is CC(C)CCN1CC2CC3(C(=O)NCc4ccccc4)NC(=O)C2[C@H]1[C@H]3CC(C)C. The zero-order valence-electron chi connectivity index (χ0n) is 18.9. The summed E-state index contributed by atoms with van der Waals surface area (Å²) < 4.78 is 0. The van der Waals surface area contributed by atoms with Crippen LogP contribution in [0.25, 0.3) is 0 Å². The Labute approximate surface area is 181 Å². The minimum atomic E-state index is -0.771. The fourth-order valence-electron chi connectivity index (χ4n) is 6.18. The Bertz CT molecular complexity index is 778. The lowest BCUT2D eigenvalue weighted by Gasteiger charge is -2.55. The zero-order chi connectivity index (χ0) is 21.5. The minimum Gasteiger partial charge on any atom is -0.350 e. The summed E-state index contributed by atoms with van der Waals surface area (Å²) in [5.41, 5.74) is 0.312. The molecule has 5 heteroatoms. The number of likely N-dealkylation sites (tertiary alicyclic amines) is 1. The van der Waals surface area contributed by atoms with Crippen molar-refractivity contribution >= 4 is 11.8 Å². The third kappa shape index (κ3) is 3.77. The van der Waals surface area contributed by atoms with Crippen molar-refractivity contribution in [2.75, 3.05) is 13.1 Å². The molecule has 0 spiro atoms. The Morgan fingerprint density at radius 2 is 1.93 bits per heavy atom. The van der Waals surface area contributed by atoms with Gasteiger partial charge in [-0.15, -0.1) is 0 Å². The predicted octanol–water partition coefficient (Wildman–Crippen LogP) is 3.20. The van der Waals surface area contributed by atoms with Crippen LogP contribution < -0.4 is 10.6 Å². The summed E-state index contributed by atoms with van der Waals surface area (Å²) in [7, 11) is 0. The van der Waals surface area contributed by atoms with Crippen LogP contribution in [0.2, 0.25) is 0 Å². The summed E-state index contributed by atoms with van der Waals surface area (Å²) >= 11 is 0. The number of amides is 2. The molecule has 2 amide bonds. The number of hydrogen-bond donors (Lipinski definition) is 2. The van der Waals surface area contributed by atoms with Crippen molar-refractivity contribution < 1.29 is 9.59 Å². The number of piperidine rings is 2. The molecule has 1 aromatic carbocycles. The van der Waals surface area contributed by atoms with Crippen LogP contribution in [0.1, 0.15) is 52.5 Å². The molecule has 1 aromatic rings. The van der Waals surface area contributed by atoms with Crippen LogP contribution in [0.15, 0.2) is 30.3 Å². The predicted molar refractivity (Wildman–Crippen MR) is 119 cm³/mol. The molecule has 0 aromatic heterocycles. The van der Waals surface area contributed by atoms with Gasteiger partial charge in [0.15, 0.2) is 0 Å². The second-order valence-electron chi connectivity index (χ2n) is 10.5. The average molecular weight is 412 g/mol. The molecule has 5 atom stereocenters. The van der Waals surface area contributed by atoms with E-state index in [4.69, 9.17) is 0 Å². The number of nitrogens with zero attached hydrogens (tertiary/aromatic N) is 1. The van der Waals surface area contributed by atoms with Gasteiger partial charge >= 0.3 is 0 Å². The Hall–Kier alpha value is -1.88. The van der Waals surface area contributed by atoms with E-state index in [2.05, 4.69) is 43.2 Å². The number of rotatable bonds is 8. The van der Waals surface area contributed by atoms with Gasteiger partial charge in [0, 0.05) is 25.0 Å². The van der Waals surface area contributed by atoms with E-state index < -0.39 is 5.54 Å². The number of fused-ring (bicyclic) bond motifs is 1. The third-order valence-electron chi connectivity index (χ3n) is 7.46. The maximum absolute atomic E-state index is 13.6. The van der Waals surface area contributed by atoms with E-state index in [1.807, 2.05) is 30.3 Å². The molecule has 5 nitrogen and oxygen atoms in total. The highest BCUT2D eigenvalue weighted by molar-refractivity contribution is 5.96. The molecule has 2 N–H and O–H groups in total. The number of carbonyl (C=O) groups is 2. The average Bonchev–Trinajstić information content (AvgIpc) is 3.02. The molecule has 3 unspecified atom stereocenters. The lowest BCUT2D eigenvalue weighted by Crippen LogP contribution is -2.76. The summed E-state index contributed by atoms with van der Waals surface area (Å²) in [6.07, 6.45) is 2.88. The first kappa shape index (κ1) is 21.4. The zero-order valence-corrected chi connectivity index (χ0v) is 18.9. The first-order chi connectivity index (χ1) is 14.3. The summed E-state index contributed by atoms with van der Waals surface area (Å²) in [6.45, 7) is 11.4. The highest BCUT2D eigenvalue weighted by atomic mass is 16.2. The molecule has 3 aliphatic heterocycles. The van der Waals surface area contributed by atoms with Crippen molar-refractivity contribution in [2.45, 2.75) is 65.1 Å². The van der Waals surface area contributed by atoms with Gasteiger partial charge in [0.2, 0.25) is 11.8 Å². The molecule has 4 aliphatic rings. The number of benzene rings is 1. The molecule has 4 bridgehead atoms. The van der Waals surface area contributed by atoms with Crippen molar-refractivity contribution in [3.8, 4) is 0 Å². The summed E-state index contributed by atoms with van der Waals surface area (Å²) in [5, 5.41) is 6.40. The number of nitrogens with one attached hydrogen (secondary N) is 2. The fraction of sp³-hybridized carbons (Fsp3) is 0.680. The first-order valence-electron chi connectivity index (χ1n) is 11.7. The Morgan fingerprint density at radius 3 is 2.60 bits per heavy atom. The van der Waals surface area contributed by atoms with E-state index in [0.717, 1.165) is 37.9 Å². The Kier molecular flexibility index (Phi) is 5.93. The molecule has 3 saturated heterocycles. The highest BCUT2D eigenvalue weighted by Crippen LogP contribution is 2.54. The van der Waals surface area contributed by atoms with Crippen molar-refractivity contribution in [1.29, 1.82) is 0 Å². The number of hydrogen-bond acceptors (Lipinski definition) is 3. The molecule has 164 valence electrons. The van der Waals surface area contributed by atoms with Crippen molar-refractivity contribution in [3.63, 3.8) is 0 Å². The van der Waals surface area contributed by atoms with Gasteiger partial charge < -0.3 is 10.6 Å². The summed E-state index contributed by atoms with van der Waals surface area (Å²) in [5.74, 6) is 1.73. The van der Waals surface area contributed by atoms with Gasteiger partial charge in [-0.2, -0.15) is 0 Å². The van der Waals surface area contributed by atoms with Crippen LogP contribution in [0.5, 0.6) is 0 Å². The van der Waals surface area contributed by atoms with Gasteiger partial charge in [0.25, 0.3) is 0 Å². The number of carbonyl (C=O) groups excluding carboxylic acids is 2. The fourth-order valence-corrected chi connectivity index (χ4v) is 6.18. The molecule has 30 heavy (non-hydrogen) atoms. The quantitative estimate of drug-likeness (QED) is 0.691. The van der Waals surface area contributed by atoms with Gasteiger partial charge in [0.05, 0.1) is 5.92 Å². The topological polar surface area (TPSA) is 61.4 Å². The summed E-state index contributed by atoms with van der Waals surface area (Å²) in [6, 6.07) is 10.2. The highest BCUT2D eigenvalue weighted by Gasteiger charge is 2.67. The Morgan fingerprint density at radius 1 is 1.20 bits per heavy atom. The molecular weight excluding hydrogens is 374 g/mol. The minimum absolute atomic E-state index is 0.00390. The second kappa shape index (κ2) is 8.33. The van der Waals surface area contributed by atoms with Gasteiger partial charge in [-0.25, -0.2) is 0 Å². The lowest BCUT2D eigenvalue weighted by molar-refractivity contribution is -0.155. The molecule has 0 radical (unpaired) electrons. The van der Waals surface area contributed by atoms with Crippen LogP contribution in [0.3, 0.4) is 0 Å². The largest absolute Gasteiger partial charge is 0.350 e. The van der Waals surface area contributed by atoms with Crippen molar-refractivity contribution in [3.05, 3.63) is 35.9 Å². The molecule has 3 heterocycles. The summed E-state index contributed by atoms with van der Waals surface area (Å²) in [4.78, 5) is 29.3. The van der Waals surface area contributed by atoms with Crippen molar-refractivity contribution in [1.82, 2.24) is 15.5 Å². The van der Waals surface area contributed by atoms with E-state index in [0.29, 0.717) is 24.3 Å². The van der Waals surface area contributed by atoms with E-state index in [1.54, 1.807) is 0 Å². The van der Waals surface area contributed by atoms with Crippen LogP contribution >= 0.6 is 0 Å². The molecule has 5 rings (SSSR count). The monoisotopic (exact) mass is 411 g/mol. The lowest BCUT2D eigenvalue weighted by atomic mass is 9.57. The van der Waals surface area contributed by atoms with Crippen LogP contribution in [-0.2, 0) is 16.1 Å². The van der Waals surface area contributed by atoms with Crippen molar-refractivity contribution in [2.24, 2.45) is 29.6 Å². The Balaban J connectivity index is 1.60. The van der Waals surface area contributed by atoms with E-state index in [9.17, 15) is 9.59 Å². The van der Waals surface area contributed by atoms with E-state index >= 15 is 0 Å². The van der Waals surface area contributed by atoms with Gasteiger partial charge in [-0.05, 0) is 49.1 Å². The van der Waals surface area contributed by atoms with E-state index in [-0.39, 0.29) is 29.7 Å². The smallest absolute Gasteiger partial charge is 0.246 e. The van der Waals surface area contributed by atoms with E-state index in [1.165, 1.54) is 0 Å². The van der Waals surface area contributed by atoms with Crippen LogP contribution in [0, 0.1) is 29.6 Å². The molecule has 1 saturated carbocycles. The third-order valence-corrected chi connectivity index (χ3v) is 7.46. The second-order valence-corrected chi connectivity index (χ2v) is 10.5. The first-order valence-corrected chi connectivity index (χ1v) is 11.7. The van der Waals surface area contributed by atoms with Crippen LogP contribution in [0.4, 0.5) is 0 Å². The molecule has 4 fully saturated rings. The standard InChI is InChI=1S/C25H37N3O2/c1-16(2)10-11-28-15-19-13-25(24(30)26-14-18-8-6-5-7-9-18)20(12-17(3)4)22(28)21(19)23(29)27-25/h5-9,16-17,19-22H,10-15H2,1-4H3,(H,26,30)(H,27,29)/t19?,20-,21?,22-,25?/m1/s1. The maximum atomic E-state index is 13.6.